The fourth-order valence-corrected chi connectivity index (χ4v) is 2.90. The summed E-state index contributed by atoms with van der Waals surface area (Å²) in [5, 5.41) is 3.15. The van der Waals surface area contributed by atoms with Gasteiger partial charge in [-0.1, -0.05) is 13.8 Å². The Morgan fingerprint density at radius 2 is 1.86 bits per heavy atom. The van der Waals surface area contributed by atoms with Crippen molar-refractivity contribution in [2.45, 2.75) is 46.1 Å². The summed E-state index contributed by atoms with van der Waals surface area (Å²) in [5.41, 5.74) is 6.02. The van der Waals surface area contributed by atoms with E-state index in [9.17, 15) is 8.42 Å². The number of nitrogens with two attached hydrogens (primary N) is 1. The van der Waals surface area contributed by atoms with Gasteiger partial charge in [0, 0.05) is 23.6 Å². The van der Waals surface area contributed by atoms with Crippen molar-refractivity contribution in [1.29, 1.82) is 0 Å². The first kappa shape index (κ1) is 17.6. The van der Waals surface area contributed by atoms with Crippen molar-refractivity contribution in [2.24, 2.45) is 0 Å². The molecule has 1 heterocycles. The van der Waals surface area contributed by atoms with Crippen LogP contribution in [0.1, 0.15) is 45.0 Å². The molecular formula is C13H25N5O2S. The van der Waals surface area contributed by atoms with Gasteiger partial charge < -0.3 is 11.1 Å². The third-order valence-electron chi connectivity index (χ3n) is 2.88. The highest BCUT2D eigenvalue weighted by Crippen LogP contribution is 2.21. The maximum Gasteiger partial charge on any atom is 0.209 e. The second kappa shape index (κ2) is 6.15. The maximum atomic E-state index is 11.3. The molecule has 0 atom stereocenters. The van der Waals surface area contributed by atoms with Crippen molar-refractivity contribution in [3.05, 3.63) is 11.4 Å². The second-order valence-electron chi connectivity index (χ2n) is 6.21. The number of nitrogens with zero attached hydrogens (tertiary/aromatic N) is 2. The lowest BCUT2D eigenvalue weighted by atomic mass is 10.1. The van der Waals surface area contributed by atoms with Crippen LogP contribution < -0.4 is 15.8 Å². The fraction of sp³-hybridized carbons (Fsp3) is 0.692. The summed E-state index contributed by atoms with van der Waals surface area (Å²) >= 11 is 0. The second-order valence-corrected chi connectivity index (χ2v) is 7.96. The summed E-state index contributed by atoms with van der Waals surface area (Å²) in [5.74, 6) is 1.89. The average molecular weight is 315 g/mol. The summed E-state index contributed by atoms with van der Waals surface area (Å²) in [4.78, 5) is 8.70. The zero-order valence-electron chi connectivity index (χ0n) is 13.5. The van der Waals surface area contributed by atoms with Gasteiger partial charge in [0.15, 0.2) is 0 Å². The Balaban J connectivity index is 2.93. The highest BCUT2D eigenvalue weighted by molar-refractivity contribution is 7.88. The van der Waals surface area contributed by atoms with Gasteiger partial charge in [-0.05, 0) is 20.8 Å². The van der Waals surface area contributed by atoms with E-state index in [4.69, 9.17) is 5.73 Å². The normalized spacial score (nSPS) is 12.7. The molecule has 0 aliphatic heterocycles. The average Bonchev–Trinajstić information content (AvgIpc) is 2.27. The summed E-state index contributed by atoms with van der Waals surface area (Å²) in [6.07, 6.45) is 1.14. The van der Waals surface area contributed by atoms with Gasteiger partial charge in [-0.2, -0.15) is 0 Å². The topological polar surface area (TPSA) is 110 Å². The van der Waals surface area contributed by atoms with E-state index in [1.165, 1.54) is 0 Å². The fourth-order valence-electron chi connectivity index (χ4n) is 1.82. The molecular weight excluding hydrogens is 290 g/mol. The molecule has 0 saturated carbocycles. The number of nitrogen functional groups attached to an aromatic ring is 1. The molecule has 0 radical (unpaired) electrons. The third-order valence-corrected chi connectivity index (χ3v) is 3.80. The lowest BCUT2D eigenvalue weighted by Crippen LogP contribution is -2.48. The molecule has 0 fully saturated rings. The molecule has 0 spiro atoms. The minimum Gasteiger partial charge on any atom is -0.383 e. The molecule has 0 aliphatic rings. The van der Waals surface area contributed by atoms with E-state index < -0.39 is 15.6 Å². The van der Waals surface area contributed by atoms with Crippen LogP contribution in [0.5, 0.6) is 0 Å². The number of sulfonamides is 1. The summed E-state index contributed by atoms with van der Waals surface area (Å²) in [6, 6.07) is 0. The standard InChI is InChI=1S/C13H25N5O2S/c1-8(2)11-16-10(14)9(3)12(17-11)15-7-13(4,5)18-21(6,19)20/h8,18H,7H2,1-6H3,(H3,14,15,16,17). The van der Waals surface area contributed by atoms with Gasteiger partial charge in [0.05, 0.1) is 6.26 Å². The third kappa shape index (κ3) is 5.47. The molecule has 0 bridgehead atoms. The summed E-state index contributed by atoms with van der Waals surface area (Å²) in [6.45, 7) is 9.79. The Hall–Kier alpha value is -1.41. The van der Waals surface area contributed by atoms with Crippen LogP contribution in [0.15, 0.2) is 0 Å². The molecule has 8 heteroatoms. The van der Waals surface area contributed by atoms with Crippen LogP contribution in [-0.2, 0) is 10.0 Å². The van der Waals surface area contributed by atoms with Gasteiger partial charge in [0.1, 0.15) is 17.5 Å². The van der Waals surface area contributed by atoms with Crippen LogP contribution in [0.3, 0.4) is 0 Å². The number of hydrogen-bond acceptors (Lipinski definition) is 6. The number of hydrogen-bond donors (Lipinski definition) is 3. The van der Waals surface area contributed by atoms with E-state index >= 15 is 0 Å². The van der Waals surface area contributed by atoms with Gasteiger partial charge >= 0.3 is 0 Å². The maximum absolute atomic E-state index is 11.3. The van der Waals surface area contributed by atoms with E-state index in [0.717, 1.165) is 11.8 Å². The van der Waals surface area contributed by atoms with Crippen molar-refractivity contribution in [3.8, 4) is 0 Å². The monoisotopic (exact) mass is 315 g/mol. The Morgan fingerprint density at radius 3 is 2.33 bits per heavy atom. The number of nitrogens with one attached hydrogen (secondary N) is 2. The Bertz CT molecular complexity index is 611. The molecule has 0 aromatic carbocycles. The number of rotatable bonds is 6. The van der Waals surface area contributed by atoms with Gasteiger partial charge in [0.2, 0.25) is 10.0 Å². The van der Waals surface area contributed by atoms with Crippen molar-refractivity contribution < 1.29 is 8.42 Å². The first-order chi connectivity index (χ1) is 9.41. The quantitative estimate of drug-likeness (QED) is 0.728. The lowest BCUT2D eigenvalue weighted by molar-refractivity contribution is 0.475. The minimum atomic E-state index is -3.27. The Kier molecular flexibility index (Phi) is 5.16. The molecule has 1 rings (SSSR count). The van der Waals surface area contributed by atoms with Crippen LogP contribution in [0, 0.1) is 6.92 Å². The highest BCUT2D eigenvalue weighted by Gasteiger charge is 2.22. The van der Waals surface area contributed by atoms with E-state index in [1.807, 2.05) is 20.8 Å². The zero-order valence-corrected chi connectivity index (χ0v) is 14.3. The first-order valence-electron chi connectivity index (χ1n) is 6.78. The van der Waals surface area contributed by atoms with Gasteiger partial charge in [-0.25, -0.2) is 23.1 Å². The molecule has 120 valence electrons. The largest absolute Gasteiger partial charge is 0.383 e. The van der Waals surface area contributed by atoms with E-state index in [2.05, 4.69) is 20.0 Å². The Labute approximate surface area is 126 Å². The summed E-state index contributed by atoms with van der Waals surface area (Å²) < 4.78 is 25.2. The van der Waals surface area contributed by atoms with Crippen LogP contribution in [0.2, 0.25) is 0 Å². The number of aromatic nitrogens is 2. The van der Waals surface area contributed by atoms with E-state index in [-0.39, 0.29) is 5.92 Å². The van der Waals surface area contributed by atoms with Crippen molar-refractivity contribution in [2.75, 3.05) is 23.9 Å². The van der Waals surface area contributed by atoms with Crippen LogP contribution in [0.25, 0.3) is 0 Å². The van der Waals surface area contributed by atoms with Gasteiger partial charge in [-0.3, -0.25) is 0 Å². The van der Waals surface area contributed by atoms with E-state index in [1.54, 1.807) is 13.8 Å². The summed E-state index contributed by atoms with van der Waals surface area (Å²) in [7, 11) is -3.27. The van der Waals surface area contributed by atoms with Crippen molar-refractivity contribution >= 4 is 21.7 Å². The van der Waals surface area contributed by atoms with E-state index in [0.29, 0.717) is 24.0 Å². The molecule has 0 amide bonds. The molecule has 0 saturated heterocycles. The highest BCUT2D eigenvalue weighted by atomic mass is 32.2. The minimum absolute atomic E-state index is 0.163. The molecule has 7 nitrogen and oxygen atoms in total. The van der Waals surface area contributed by atoms with Crippen molar-refractivity contribution in [3.63, 3.8) is 0 Å². The molecule has 0 aliphatic carbocycles. The molecule has 1 aromatic rings. The molecule has 4 N–H and O–H groups in total. The molecule has 21 heavy (non-hydrogen) atoms. The zero-order chi connectivity index (χ0) is 16.4. The SMILES string of the molecule is Cc1c(N)nc(C(C)C)nc1NCC(C)(C)NS(C)(=O)=O. The smallest absolute Gasteiger partial charge is 0.209 e. The van der Waals surface area contributed by atoms with Gasteiger partial charge in [-0.15, -0.1) is 0 Å². The predicted octanol–water partition coefficient (Wildman–Crippen LogP) is 1.23. The van der Waals surface area contributed by atoms with Gasteiger partial charge in [0.25, 0.3) is 0 Å². The van der Waals surface area contributed by atoms with Crippen molar-refractivity contribution in [1.82, 2.24) is 14.7 Å². The van der Waals surface area contributed by atoms with Crippen LogP contribution in [0.4, 0.5) is 11.6 Å². The predicted molar refractivity (Wildman–Crippen MR) is 85.8 cm³/mol. The first-order valence-corrected chi connectivity index (χ1v) is 8.67. The molecule has 1 aromatic heterocycles. The number of anilines is 2. The molecule has 0 unspecified atom stereocenters. The van der Waals surface area contributed by atoms with Crippen LogP contribution >= 0.6 is 0 Å². The Morgan fingerprint density at radius 1 is 1.29 bits per heavy atom. The van der Waals surface area contributed by atoms with Crippen LogP contribution in [-0.4, -0.2) is 36.7 Å². The lowest BCUT2D eigenvalue weighted by Gasteiger charge is -2.26.